The molecule has 2 aliphatic rings. The standard InChI is InChI=1S/C23H24ClN7O/c24-17-3-4-20-19(10-17)23(16(12-25)13-26-20)29-18-2-1-5-31(14-18)22-11-21(27-15-28-22)30-6-8-32-9-7-30/h3-4,10-11,13,15,18H,1-2,5-9,14H2,(H,26,29). The Morgan fingerprint density at radius 2 is 1.88 bits per heavy atom. The van der Waals surface area contributed by atoms with Crippen molar-refractivity contribution in [1.29, 1.82) is 5.26 Å². The Kier molecular flexibility index (Phi) is 5.93. The number of piperidine rings is 1. The third-order valence-corrected chi connectivity index (χ3v) is 6.25. The Labute approximate surface area is 191 Å². The van der Waals surface area contributed by atoms with E-state index >= 15 is 0 Å². The number of ether oxygens (including phenoxy) is 1. The van der Waals surface area contributed by atoms with Crippen LogP contribution >= 0.6 is 11.6 Å². The first-order chi connectivity index (χ1) is 15.7. The number of hydrogen-bond acceptors (Lipinski definition) is 8. The Morgan fingerprint density at radius 3 is 2.69 bits per heavy atom. The lowest BCUT2D eigenvalue weighted by Gasteiger charge is -2.35. The molecule has 2 saturated heterocycles. The number of anilines is 3. The minimum atomic E-state index is 0.169. The van der Waals surface area contributed by atoms with Gasteiger partial charge in [-0.2, -0.15) is 5.26 Å². The van der Waals surface area contributed by atoms with Crippen molar-refractivity contribution in [3.05, 3.63) is 47.4 Å². The predicted octanol–water partition coefficient (Wildman–Crippen LogP) is 3.47. The van der Waals surface area contributed by atoms with Gasteiger partial charge in [-0.3, -0.25) is 4.98 Å². The van der Waals surface area contributed by atoms with Gasteiger partial charge in [0.1, 0.15) is 24.0 Å². The van der Waals surface area contributed by atoms with Crippen LogP contribution in [0.2, 0.25) is 5.02 Å². The van der Waals surface area contributed by atoms with Gasteiger partial charge in [0.25, 0.3) is 0 Å². The molecular weight excluding hydrogens is 426 g/mol. The van der Waals surface area contributed by atoms with E-state index in [1.165, 1.54) is 0 Å². The molecule has 0 amide bonds. The summed E-state index contributed by atoms with van der Waals surface area (Å²) >= 11 is 6.24. The number of nitrogens with zero attached hydrogens (tertiary/aromatic N) is 6. The van der Waals surface area contributed by atoms with Crippen LogP contribution in [0.25, 0.3) is 10.9 Å². The van der Waals surface area contributed by atoms with E-state index in [1.807, 2.05) is 18.2 Å². The van der Waals surface area contributed by atoms with Crippen LogP contribution in [-0.2, 0) is 4.74 Å². The first-order valence-corrected chi connectivity index (χ1v) is 11.2. The number of morpholine rings is 1. The van der Waals surface area contributed by atoms with Gasteiger partial charge in [-0.05, 0) is 31.0 Å². The fourth-order valence-electron chi connectivity index (χ4n) is 4.39. The second kappa shape index (κ2) is 9.15. The lowest BCUT2D eigenvalue weighted by molar-refractivity contribution is 0.122. The van der Waals surface area contributed by atoms with Crippen molar-refractivity contribution in [3.63, 3.8) is 0 Å². The van der Waals surface area contributed by atoms with E-state index in [1.54, 1.807) is 12.5 Å². The summed E-state index contributed by atoms with van der Waals surface area (Å²) in [4.78, 5) is 17.9. The van der Waals surface area contributed by atoms with Crippen molar-refractivity contribution < 1.29 is 4.74 Å². The average molecular weight is 450 g/mol. The summed E-state index contributed by atoms with van der Waals surface area (Å²) in [5.74, 6) is 1.87. The zero-order chi connectivity index (χ0) is 21.9. The maximum absolute atomic E-state index is 9.66. The number of aromatic nitrogens is 3. The van der Waals surface area contributed by atoms with E-state index in [0.717, 1.165) is 80.5 Å². The minimum Gasteiger partial charge on any atom is -0.379 e. The van der Waals surface area contributed by atoms with E-state index in [4.69, 9.17) is 16.3 Å². The highest BCUT2D eigenvalue weighted by atomic mass is 35.5. The summed E-state index contributed by atoms with van der Waals surface area (Å²) in [5, 5.41) is 14.8. The smallest absolute Gasteiger partial charge is 0.134 e. The fraction of sp³-hybridized carbons (Fsp3) is 0.391. The molecule has 8 nitrogen and oxygen atoms in total. The Balaban J connectivity index is 1.38. The Bertz CT molecular complexity index is 1160. The van der Waals surface area contributed by atoms with Crippen LogP contribution in [0.4, 0.5) is 17.3 Å². The van der Waals surface area contributed by atoms with Crippen molar-refractivity contribution in [2.45, 2.75) is 18.9 Å². The van der Waals surface area contributed by atoms with Crippen molar-refractivity contribution in [3.8, 4) is 6.07 Å². The summed E-state index contributed by atoms with van der Waals surface area (Å²) < 4.78 is 5.46. The molecule has 1 atom stereocenters. The second-order valence-corrected chi connectivity index (χ2v) is 8.52. The van der Waals surface area contributed by atoms with Gasteiger partial charge in [0.05, 0.1) is 30.0 Å². The molecule has 1 aromatic carbocycles. The molecule has 164 valence electrons. The van der Waals surface area contributed by atoms with E-state index < -0.39 is 0 Å². The topological polar surface area (TPSA) is 90.2 Å². The lowest BCUT2D eigenvalue weighted by Crippen LogP contribution is -2.43. The number of rotatable bonds is 4. The van der Waals surface area contributed by atoms with Gasteiger partial charge >= 0.3 is 0 Å². The van der Waals surface area contributed by atoms with Gasteiger partial charge in [-0.15, -0.1) is 0 Å². The molecule has 0 radical (unpaired) electrons. The highest BCUT2D eigenvalue weighted by Crippen LogP contribution is 2.30. The fourth-order valence-corrected chi connectivity index (χ4v) is 4.56. The van der Waals surface area contributed by atoms with E-state index in [0.29, 0.717) is 10.6 Å². The third kappa shape index (κ3) is 4.27. The van der Waals surface area contributed by atoms with Gasteiger partial charge in [0.15, 0.2) is 0 Å². The Hall–Kier alpha value is -3.15. The normalized spacial score (nSPS) is 19.1. The zero-order valence-corrected chi connectivity index (χ0v) is 18.4. The highest BCUT2D eigenvalue weighted by Gasteiger charge is 2.24. The average Bonchev–Trinajstić information content (AvgIpc) is 2.85. The molecular formula is C23H24ClN7O. The largest absolute Gasteiger partial charge is 0.379 e. The van der Waals surface area contributed by atoms with Crippen LogP contribution in [0.3, 0.4) is 0 Å². The molecule has 0 aliphatic carbocycles. The summed E-state index contributed by atoms with van der Waals surface area (Å²) in [6, 6.07) is 10.1. The molecule has 2 aromatic heterocycles. The summed E-state index contributed by atoms with van der Waals surface area (Å²) in [6.07, 6.45) is 5.30. The molecule has 2 fully saturated rings. The first-order valence-electron chi connectivity index (χ1n) is 10.9. The molecule has 1 unspecified atom stereocenters. The summed E-state index contributed by atoms with van der Waals surface area (Å²) in [5.41, 5.74) is 2.13. The number of nitriles is 1. The molecule has 32 heavy (non-hydrogen) atoms. The SMILES string of the molecule is N#Cc1cnc2ccc(Cl)cc2c1NC1CCCN(c2cc(N3CCOCC3)ncn2)C1. The van der Waals surface area contributed by atoms with Gasteiger partial charge in [-0.1, -0.05) is 11.6 Å². The van der Waals surface area contributed by atoms with Gasteiger partial charge < -0.3 is 19.9 Å². The zero-order valence-electron chi connectivity index (χ0n) is 17.7. The number of halogens is 1. The van der Waals surface area contributed by atoms with Crippen molar-refractivity contribution in [1.82, 2.24) is 15.0 Å². The van der Waals surface area contributed by atoms with E-state index in [-0.39, 0.29) is 6.04 Å². The molecule has 0 saturated carbocycles. The number of nitrogens with one attached hydrogen (secondary N) is 1. The molecule has 9 heteroatoms. The minimum absolute atomic E-state index is 0.169. The second-order valence-electron chi connectivity index (χ2n) is 8.08. The van der Waals surface area contributed by atoms with Crippen LogP contribution in [0, 0.1) is 11.3 Å². The molecule has 1 N–H and O–H groups in total. The predicted molar refractivity (Wildman–Crippen MR) is 125 cm³/mol. The quantitative estimate of drug-likeness (QED) is 0.647. The highest BCUT2D eigenvalue weighted by molar-refractivity contribution is 6.31. The number of benzene rings is 1. The van der Waals surface area contributed by atoms with Crippen molar-refractivity contribution >= 4 is 39.8 Å². The van der Waals surface area contributed by atoms with Crippen LogP contribution in [0.15, 0.2) is 36.8 Å². The van der Waals surface area contributed by atoms with Crippen LogP contribution in [0.5, 0.6) is 0 Å². The third-order valence-electron chi connectivity index (χ3n) is 6.02. The molecule has 0 bridgehead atoms. The van der Waals surface area contributed by atoms with E-state index in [9.17, 15) is 5.26 Å². The van der Waals surface area contributed by atoms with Crippen LogP contribution < -0.4 is 15.1 Å². The molecule has 5 rings (SSSR count). The van der Waals surface area contributed by atoms with Crippen LogP contribution in [-0.4, -0.2) is 60.4 Å². The molecule has 0 spiro atoms. The van der Waals surface area contributed by atoms with Gasteiger partial charge in [0, 0.05) is 54.9 Å². The molecule has 3 aromatic rings. The number of pyridine rings is 1. The maximum atomic E-state index is 9.66. The van der Waals surface area contributed by atoms with Crippen LogP contribution in [0.1, 0.15) is 18.4 Å². The number of hydrogen-bond donors (Lipinski definition) is 1. The molecule has 4 heterocycles. The van der Waals surface area contributed by atoms with E-state index in [2.05, 4.69) is 42.2 Å². The molecule has 2 aliphatic heterocycles. The monoisotopic (exact) mass is 449 g/mol. The number of fused-ring (bicyclic) bond motifs is 1. The van der Waals surface area contributed by atoms with Crippen molar-refractivity contribution in [2.24, 2.45) is 0 Å². The Morgan fingerprint density at radius 1 is 1.06 bits per heavy atom. The maximum Gasteiger partial charge on any atom is 0.134 e. The lowest BCUT2D eigenvalue weighted by atomic mass is 10.0. The first kappa shape index (κ1) is 20.7. The summed E-state index contributed by atoms with van der Waals surface area (Å²) in [6.45, 7) is 4.85. The summed E-state index contributed by atoms with van der Waals surface area (Å²) in [7, 11) is 0. The van der Waals surface area contributed by atoms with Crippen molar-refractivity contribution in [2.75, 3.05) is 54.5 Å². The van der Waals surface area contributed by atoms with Gasteiger partial charge in [-0.25, -0.2) is 9.97 Å². The van der Waals surface area contributed by atoms with Gasteiger partial charge in [0.2, 0.25) is 0 Å².